The predicted molar refractivity (Wildman–Crippen MR) is 71.3 cm³/mol. The molecule has 4 nitrogen and oxygen atoms in total. The molecule has 5 heteroatoms. The van der Waals surface area contributed by atoms with Crippen molar-refractivity contribution < 1.29 is 0 Å². The maximum atomic E-state index is 4.20. The monoisotopic (exact) mass is 254 g/mol. The lowest BCUT2D eigenvalue weighted by Gasteiger charge is -2.22. The Labute approximate surface area is 108 Å². The molecule has 0 saturated heterocycles. The van der Waals surface area contributed by atoms with E-state index in [0.717, 1.165) is 22.7 Å². The van der Waals surface area contributed by atoms with Gasteiger partial charge in [0.1, 0.15) is 5.82 Å². The van der Waals surface area contributed by atoms with Crippen LogP contribution in [0.4, 0.5) is 0 Å². The van der Waals surface area contributed by atoms with Crippen LogP contribution in [-0.4, -0.2) is 33.6 Å². The highest BCUT2D eigenvalue weighted by molar-refractivity contribution is 7.99. The van der Waals surface area contributed by atoms with Crippen molar-refractivity contribution in [1.82, 2.24) is 20.1 Å². The number of aryl methyl sites for hydroxylation is 1. The van der Waals surface area contributed by atoms with Gasteiger partial charge in [-0.15, -0.1) is 10.2 Å². The van der Waals surface area contributed by atoms with Gasteiger partial charge in [0.2, 0.25) is 0 Å². The minimum absolute atomic E-state index is 0.611. The quantitative estimate of drug-likeness (QED) is 0.816. The lowest BCUT2D eigenvalue weighted by molar-refractivity contribution is 0.410. The first-order valence-electron chi connectivity index (χ1n) is 6.38. The van der Waals surface area contributed by atoms with Crippen LogP contribution in [0.3, 0.4) is 0 Å². The molecular weight excluding hydrogens is 232 g/mol. The number of thioether (sulfide) groups is 1. The van der Waals surface area contributed by atoms with Crippen LogP contribution in [-0.2, 0) is 7.05 Å². The number of aromatic nitrogens is 3. The highest BCUT2D eigenvalue weighted by atomic mass is 32.2. The molecule has 1 aromatic rings. The second-order valence-corrected chi connectivity index (χ2v) is 5.83. The summed E-state index contributed by atoms with van der Waals surface area (Å²) in [5, 5.41) is 12.8. The average molecular weight is 254 g/mol. The van der Waals surface area contributed by atoms with E-state index in [9.17, 15) is 0 Å². The summed E-state index contributed by atoms with van der Waals surface area (Å²) < 4.78 is 2.06. The number of nitrogens with zero attached hydrogens (tertiary/aromatic N) is 3. The fourth-order valence-corrected chi connectivity index (χ4v) is 3.68. The minimum Gasteiger partial charge on any atom is -0.316 e. The van der Waals surface area contributed by atoms with Crippen molar-refractivity contribution in [2.24, 2.45) is 13.0 Å². The SMILES string of the molecule is CNC(CSc1nnc(C)n1C)C1CCCC1. The molecule has 1 aliphatic carbocycles. The van der Waals surface area contributed by atoms with E-state index in [1.165, 1.54) is 25.7 Å². The van der Waals surface area contributed by atoms with Crippen LogP contribution in [0, 0.1) is 12.8 Å². The van der Waals surface area contributed by atoms with Crippen molar-refractivity contribution in [2.45, 2.75) is 43.8 Å². The van der Waals surface area contributed by atoms with E-state index in [2.05, 4.69) is 27.1 Å². The molecule has 1 atom stereocenters. The number of nitrogens with one attached hydrogen (secondary N) is 1. The van der Waals surface area contributed by atoms with E-state index in [1.807, 2.05) is 25.7 Å². The Balaban J connectivity index is 1.89. The lowest BCUT2D eigenvalue weighted by Crippen LogP contribution is -2.34. The molecule has 0 radical (unpaired) electrons. The van der Waals surface area contributed by atoms with Crippen LogP contribution in [0.2, 0.25) is 0 Å². The molecule has 96 valence electrons. The number of hydrogen-bond donors (Lipinski definition) is 1. The van der Waals surface area contributed by atoms with Gasteiger partial charge in [-0.25, -0.2) is 0 Å². The fraction of sp³-hybridized carbons (Fsp3) is 0.833. The van der Waals surface area contributed by atoms with E-state index in [1.54, 1.807) is 0 Å². The first kappa shape index (κ1) is 12.9. The van der Waals surface area contributed by atoms with Gasteiger partial charge in [-0.3, -0.25) is 0 Å². The van der Waals surface area contributed by atoms with Crippen molar-refractivity contribution in [1.29, 1.82) is 0 Å². The Bertz CT molecular complexity index is 357. The minimum atomic E-state index is 0.611. The van der Waals surface area contributed by atoms with Crippen molar-refractivity contribution in [3.05, 3.63) is 5.82 Å². The molecule has 1 fully saturated rings. The fourth-order valence-electron chi connectivity index (χ4n) is 2.49. The molecule has 1 unspecified atom stereocenters. The van der Waals surface area contributed by atoms with E-state index in [-0.39, 0.29) is 0 Å². The van der Waals surface area contributed by atoms with E-state index in [0.29, 0.717) is 6.04 Å². The molecule has 0 aromatic carbocycles. The third-order valence-corrected chi connectivity index (χ3v) is 4.92. The molecule has 1 saturated carbocycles. The Morgan fingerprint density at radius 1 is 1.41 bits per heavy atom. The Morgan fingerprint density at radius 2 is 2.12 bits per heavy atom. The average Bonchev–Trinajstić information content (AvgIpc) is 2.95. The van der Waals surface area contributed by atoms with Crippen molar-refractivity contribution in [3.63, 3.8) is 0 Å². The molecule has 17 heavy (non-hydrogen) atoms. The molecule has 0 bridgehead atoms. The normalized spacial score (nSPS) is 18.8. The van der Waals surface area contributed by atoms with Crippen LogP contribution in [0.25, 0.3) is 0 Å². The molecule has 0 aliphatic heterocycles. The zero-order valence-corrected chi connectivity index (χ0v) is 11.8. The molecule has 1 N–H and O–H groups in total. The van der Waals surface area contributed by atoms with E-state index >= 15 is 0 Å². The Morgan fingerprint density at radius 3 is 2.65 bits per heavy atom. The summed E-state index contributed by atoms with van der Waals surface area (Å²) in [7, 11) is 4.10. The van der Waals surface area contributed by atoms with Gasteiger partial charge in [-0.2, -0.15) is 0 Å². The number of hydrogen-bond acceptors (Lipinski definition) is 4. The zero-order valence-electron chi connectivity index (χ0n) is 10.9. The standard InChI is InChI=1S/C12H22N4S/c1-9-14-15-12(16(9)3)17-8-11(13-2)10-6-4-5-7-10/h10-11,13H,4-8H2,1-3H3. The Hall–Kier alpha value is -0.550. The summed E-state index contributed by atoms with van der Waals surface area (Å²) in [5.74, 6) is 2.92. The molecular formula is C12H22N4S. The zero-order chi connectivity index (χ0) is 12.3. The van der Waals surface area contributed by atoms with Crippen LogP contribution in [0.1, 0.15) is 31.5 Å². The topological polar surface area (TPSA) is 42.7 Å². The van der Waals surface area contributed by atoms with Crippen LogP contribution < -0.4 is 5.32 Å². The largest absolute Gasteiger partial charge is 0.316 e. The van der Waals surface area contributed by atoms with Crippen molar-refractivity contribution in [3.8, 4) is 0 Å². The summed E-state index contributed by atoms with van der Waals surface area (Å²) >= 11 is 1.81. The first-order valence-corrected chi connectivity index (χ1v) is 7.37. The van der Waals surface area contributed by atoms with Crippen molar-refractivity contribution in [2.75, 3.05) is 12.8 Å². The third-order valence-electron chi connectivity index (χ3n) is 3.78. The maximum Gasteiger partial charge on any atom is 0.190 e. The third kappa shape index (κ3) is 3.01. The maximum absolute atomic E-state index is 4.20. The second-order valence-electron chi connectivity index (χ2n) is 4.84. The van der Waals surface area contributed by atoms with Gasteiger partial charge in [-0.05, 0) is 32.7 Å². The summed E-state index contributed by atoms with van der Waals surface area (Å²) in [4.78, 5) is 0. The van der Waals surface area contributed by atoms with Gasteiger partial charge in [0.25, 0.3) is 0 Å². The van der Waals surface area contributed by atoms with Gasteiger partial charge in [0.15, 0.2) is 5.16 Å². The number of rotatable bonds is 5. The highest BCUT2D eigenvalue weighted by Crippen LogP contribution is 2.30. The predicted octanol–water partition coefficient (Wildman–Crippen LogP) is 1.99. The van der Waals surface area contributed by atoms with Crippen LogP contribution in [0.15, 0.2) is 5.16 Å². The Kier molecular flexibility index (Phi) is 4.45. The van der Waals surface area contributed by atoms with Crippen LogP contribution in [0.5, 0.6) is 0 Å². The first-order chi connectivity index (χ1) is 8.22. The molecule has 2 rings (SSSR count). The van der Waals surface area contributed by atoms with Gasteiger partial charge >= 0.3 is 0 Å². The summed E-state index contributed by atoms with van der Waals surface area (Å²) in [6.07, 6.45) is 5.56. The molecule has 1 aliphatic rings. The van der Waals surface area contributed by atoms with Gasteiger partial charge in [0.05, 0.1) is 0 Å². The van der Waals surface area contributed by atoms with Crippen molar-refractivity contribution >= 4 is 11.8 Å². The van der Waals surface area contributed by atoms with Gasteiger partial charge in [-0.1, -0.05) is 24.6 Å². The summed E-state index contributed by atoms with van der Waals surface area (Å²) in [5.41, 5.74) is 0. The lowest BCUT2D eigenvalue weighted by atomic mass is 10.0. The molecule has 0 spiro atoms. The smallest absolute Gasteiger partial charge is 0.190 e. The van der Waals surface area contributed by atoms with Gasteiger partial charge in [0, 0.05) is 18.8 Å². The van der Waals surface area contributed by atoms with Crippen LogP contribution >= 0.6 is 11.8 Å². The van der Waals surface area contributed by atoms with E-state index in [4.69, 9.17) is 0 Å². The summed E-state index contributed by atoms with van der Waals surface area (Å²) in [6, 6.07) is 0.611. The van der Waals surface area contributed by atoms with E-state index < -0.39 is 0 Å². The summed E-state index contributed by atoms with van der Waals surface area (Å²) in [6.45, 7) is 1.99. The molecule has 1 aromatic heterocycles. The molecule has 0 amide bonds. The second kappa shape index (κ2) is 5.87. The molecule has 1 heterocycles. The van der Waals surface area contributed by atoms with Gasteiger partial charge < -0.3 is 9.88 Å². The highest BCUT2D eigenvalue weighted by Gasteiger charge is 2.24.